The van der Waals surface area contributed by atoms with Crippen molar-refractivity contribution in [1.29, 1.82) is 0 Å². The van der Waals surface area contributed by atoms with Crippen LogP contribution >= 0.6 is 12.2 Å². The van der Waals surface area contributed by atoms with E-state index < -0.39 is 0 Å². The van der Waals surface area contributed by atoms with Crippen LogP contribution in [0.1, 0.15) is 18.4 Å². The van der Waals surface area contributed by atoms with E-state index in [1.807, 2.05) is 0 Å². The number of nitrogens with one attached hydrogen (secondary N) is 1. The van der Waals surface area contributed by atoms with Crippen LogP contribution < -0.4 is 5.32 Å². The molecule has 2 aliphatic rings. The molecule has 3 heteroatoms. The standard InChI is InChI=1S/C12H14N2S/c15-12-10-5-1-2-6-11(10)13-8-9-4-3-7-14(9)12/h1-2,5-6,9,13H,3-4,7-8H2/t9-/m0/s1. The summed E-state index contributed by atoms with van der Waals surface area (Å²) in [6, 6.07) is 8.95. The SMILES string of the molecule is S=C1c2ccccc2NC[C@@H]2CCCN12. The van der Waals surface area contributed by atoms with Gasteiger partial charge in [-0.3, -0.25) is 0 Å². The molecule has 0 saturated carbocycles. The molecule has 1 aromatic carbocycles. The summed E-state index contributed by atoms with van der Waals surface area (Å²) in [5.74, 6) is 0. The fourth-order valence-corrected chi connectivity index (χ4v) is 2.94. The predicted molar refractivity (Wildman–Crippen MR) is 66.4 cm³/mol. The molecule has 1 N–H and O–H groups in total. The van der Waals surface area contributed by atoms with E-state index in [0.717, 1.165) is 18.1 Å². The number of hydrogen-bond donors (Lipinski definition) is 1. The second-order valence-electron chi connectivity index (χ2n) is 4.22. The maximum Gasteiger partial charge on any atom is 0.111 e. The molecular formula is C12H14N2S. The summed E-state index contributed by atoms with van der Waals surface area (Å²) in [7, 11) is 0. The molecule has 0 aromatic heterocycles. The molecule has 0 amide bonds. The lowest BCUT2D eigenvalue weighted by molar-refractivity contribution is 0.414. The number of para-hydroxylation sites is 1. The number of nitrogens with zero attached hydrogens (tertiary/aromatic N) is 1. The third-order valence-electron chi connectivity index (χ3n) is 3.32. The van der Waals surface area contributed by atoms with Gasteiger partial charge < -0.3 is 10.2 Å². The Kier molecular flexibility index (Phi) is 2.13. The molecule has 0 radical (unpaired) electrons. The number of hydrogen-bond acceptors (Lipinski definition) is 2. The fraction of sp³-hybridized carbons (Fsp3) is 0.417. The van der Waals surface area contributed by atoms with Crippen LogP contribution in [0.15, 0.2) is 24.3 Å². The summed E-state index contributed by atoms with van der Waals surface area (Å²) in [6.45, 7) is 2.15. The largest absolute Gasteiger partial charge is 0.382 e. The van der Waals surface area contributed by atoms with E-state index in [1.165, 1.54) is 24.1 Å². The van der Waals surface area contributed by atoms with E-state index in [9.17, 15) is 0 Å². The first-order valence-electron chi connectivity index (χ1n) is 5.50. The minimum absolute atomic E-state index is 0.602. The van der Waals surface area contributed by atoms with Crippen molar-refractivity contribution in [2.45, 2.75) is 18.9 Å². The minimum Gasteiger partial charge on any atom is -0.382 e. The molecule has 2 heterocycles. The molecule has 2 nitrogen and oxygen atoms in total. The van der Waals surface area contributed by atoms with Crippen molar-refractivity contribution >= 4 is 22.9 Å². The van der Waals surface area contributed by atoms with Crippen molar-refractivity contribution in [3.63, 3.8) is 0 Å². The van der Waals surface area contributed by atoms with Crippen LogP contribution in [-0.2, 0) is 0 Å². The highest BCUT2D eigenvalue weighted by molar-refractivity contribution is 7.80. The van der Waals surface area contributed by atoms with Crippen LogP contribution in [0.4, 0.5) is 5.69 Å². The van der Waals surface area contributed by atoms with Crippen molar-refractivity contribution in [2.75, 3.05) is 18.4 Å². The van der Waals surface area contributed by atoms with Crippen LogP contribution in [0.5, 0.6) is 0 Å². The van der Waals surface area contributed by atoms with Crippen LogP contribution in [-0.4, -0.2) is 29.0 Å². The molecule has 0 aliphatic carbocycles. The molecule has 0 unspecified atom stereocenters. The van der Waals surface area contributed by atoms with Crippen molar-refractivity contribution in [3.8, 4) is 0 Å². The second kappa shape index (κ2) is 3.49. The van der Waals surface area contributed by atoms with E-state index in [4.69, 9.17) is 12.2 Å². The van der Waals surface area contributed by atoms with Gasteiger partial charge in [-0.15, -0.1) is 0 Å². The number of rotatable bonds is 0. The molecule has 3 rings (SSSR count). The van der Waals surface area contributed by atoms with Crippen LogP contribution in [0.3, 0.4) is 0 Å². The Hall–Kier alpha value is -1.09. The molecular weight excluding hydrogens is 204 g/mol. The third kappa shape index (κ3) is 1.42. The van der Waals surface area contributed by atoms with E-state index >= 15 is 0 Å². The normalized spacial score (nSPS) is 24.1. The van der Waals surface area contributed by atoms with Crippen molar-refractivity contribution in [3.05, 3.63) is 29.8 Å². The lowest BCUT2D eigenvalue weighted by atomic mass is 10.1. The summed E-state index contributed by atoms with van der Waals surface area (Å²) in [6.07, 6.45) is 2.54. The van der Waals surface area contributed by atoms with Gasteiger partial charge in [0.15, 0.2) is 0 Å². The lowest BCUT2D eigenvalue weighted by Crippen LogP contribution is -2.36. The quantitative estimate of drug-likeness (QED) is 0.672. The first kappa shape index (κ1) is 9.16. The van der Waals surface area contributed by atoms with Gasteiger partial charge in [0.25, 0.3) is 0 Å². The maximum atomic E-state index is 5.57. The zero-order valence-electron chi connectivity index (χ0n) is 8.57. The Balaban J connectivity index is 2.04. The molecule has 15 heavy (non-hydrogen) atoms. The van der Waals surface area contributed by atoms with Gasteiger partial charge in [0.2, 0.25) is 0 Å². The zero-order chi connectivity index (χ0) is 10.3. The molecule has 1 fully saturated rings. The van der Waals surface area contributed by atoms with E-state index in [-0.39, 0.29) is 0 Å². The van der Waals surface area contributed by atoms with Gasteiger partial charge in [0.05, 0.1) is 0 Å². The Bertz CT molecular complexity index is 402. The predicted octanol–water partition coefficient (Wildman–Crippen LogP) is 2.25. The fourth-order valence-electron chi connectivity index (χ4n) is 2.52. The van der Waals surface area contributed by atoms with Gasteiger partial charge in [-0.1, -0.05) is 24.4 Å². The third-order valence-corrected chi connectivity index (χ3v) is 3.78. The molecule has 1 atom stereocenters. The Morgan fingerprint density at radius 2 is 2.20 bits per heavy atom. The Morgan fingerprint density at radius 1 is 1.33 bits per heavy atom. The van der Waals surface area contributed by atoms with Crippen LogP contribution in [0.25, 0.3) is 0 Å². The van der Waals surface area contributed by atoms with Gasteiger partial charge in [-0.05, 0) is 25.0 Å². The Morgan fingerprint density at radius 3 is 3.13 bits per heavy atom. The van der Waals surface area contributed by atoms with Crippen molar-refractivity contribution < 1.29 is 0 Å². The van der Waals surface area contributed by atoms with Gasteiger partial charge >= 0.3 is 0 Å². The first-order chi connectivity index (χ1) is 7.36. The summed E-state index contributed by atoms with van der Waals surface area (Å²) in [5.41, 5.74) is 2.38. The molecule has 0 bridgehead atoms. The number of fused-ring (bicyclic) bond motifs is 2. The molecule has 78 valence electrons. The van der Waals surface area contributed by atoms with Crippen LogP contribution in [0.2, 0.25) is 0 Å². The zero-order valence-corrected chi connectivity index (χ0v) is 9.39. The summed E-state index contributed by atoms with van der Waals surface area (Å²) in [4.78, 5) is 3.41. The average Bonchev–Trinajstić information content (AvgIpc) is 2.69. The summed E-state index contributed by atoms with van der Waals surface area (Å²) < 4.78 is 0. The van der Waals surface area contributed by atoms with Crippen molar-refractivity contribution in [1.82, 2.24) is 4.90 Å². The van der Waals surface area contributed by atoms with Gasteiger partial charge in [0.1, 0.15) is 4.99 Å². The number of benzene rings is 1. The highest BCUT2D eigenvalue weighted by Crippen LogP contribution is 2.28. The second-order valence-corrected chi connectivity index (χ2v) is 4.61. The lowest BCUT2D eigenvalue weighted by Gasteiger charge is -2.23. The first-order valence-corrected chi connectivity index (χ1v) is 5.91. The van der Waals surface area contributed by atoms with Crippen LogP contribution in [0, 0.1) is 0 Å². The highest BCUT2D eigenvalue weighted by atomic mass is 32.1. The maximum absolute atomic E-state index is 5.57. The smallest absolute Gasteiger partial charge is 0.111 e. The van der Waals surface area contributed by atoms with Gasteiger partial charge in [-0.2, -0.15) is 0 Å². The summed E-state index contributed by atoms with van der Waals surface area (Å²) >= 11 is 5.57. The number of thiocarbonyl (C=S) groups is 1. The van der Waals surface area contributed by atoms with E-state index in [0.29, 0.717) is 6.04 Å². The molecule has 0 spiro atoms. The Labute approximate surface area is 95.3 Å². The van der Waals surface area contributed by atoms with Gasteiger partial charge in [-0.25, -0.2) is 0 Å². The molecule has 1 aromatic rings. The molecule has 2 aliphatic heterocycles. The van der Waals surface area contributed by atoms with Gasteiger partial charge in [0, 0.05) is 30.4 Å². The van der Waals surface area contributed by atoms with Crippen molar-refractivity contribution in [2.24, 2.45) is 0 Å². The number of anilines is 1. The highest BCUT2D eigenvalue weighted by Gasteiger charge is 2.30. The average molecular weight is 218 g/mol. The monoisotopic (exact) mass is 218 g/mol. The summed E-state index contributed by atoms with van der Waals surface area (Å²) in [5, 5.41) is 3.50. The van der Waals surface area contributed by atoms with E-state index in [1.54, 1.807) is 0 Å². The molecule has 1 saturated heterocycles. The minimum atomic E-state index is 0.602. The topological polar surface area (TPSA) is 15.3 Å². The van der Waals surface area contributed by atoms with E-state index in [2.05, 4.69) is 34.5 Å².